The van der Waals surface area contributed by atoms with Gasteiger partial charge >= 0.3 is 0 Å². The molecule has 90 valence electrons. The van der Waals surface area contributed by atoms with E-state index in [2.05, 4.69) is 9.44 Å². The molecule has 0 radical (unpaired) electrons. The van der Waals surface area contributed by atoms with Gasteiger partial charge in [-0.15, -0.1) is 0 Å². The van der Waals surface area contributed by atoms with Crippen LogP contribution in [0, 0.1) is 0 Å². The van der Waals surface area contributed by atoms with Crippen molar-refractivity contribution in [3.05, 3.63) is 35.9 Å². The molecular weight excluding hydrogens is 228 g/mol. The maximum absolute atomic E-state index is 11.2. The van der Waals surface area contributed by atoms with E-state index in [0.717, 1.165) is 0 Å². The van der Waals surface area contributed by atoms with Crippen LogP contribution in [0.15, 0.2) is 30.3 Å². The van der Waals surface area contributed by atoms with Crippen LogP contribution < -0.4 is 9.44 Å². The summed E-state index contributed by atoms with van der Waals surface area (Å²) < 4.78 is 27.0. The van der Waals surface area contributed by atoms with E-state index in [0.29, 0.717) is 12.1 Å². The molecule has 1 aromatic carbocycles. The third kappa shape index (κ3) is 4.28. The van der Waals surface area contributed by atoms with E-state index in [4.69, 9.17) is 0 Å². The lowest BCUT2D eigenvalue weighted by Crippen LogP contribution is -2.38. The Hall–Kier alpha value is -0.950. The molecular formula is C10H16N2O3S. The van der Waals surface area contributed by atoms with Gasteiger partial charge in [0.05, 0.1) is 6.10 Å². The second-order valence-electron chi connectivity index (χ2n) is 3.28. The van der Waals surface area contributed by atoms with E-state index < -0.39 is 16.3 Å². The molecule has 5 nitrogen and oxygen atoms in total. The lowest BCUT2D eigenvalue weighted by Gasteiger charge is -2.12. The lowest BCUT2D eigenvalue weighted by atomic mass is 10.1. The SMILES string of the molecule is CCNS(=O)(=O)NCC(O)c1ccccc1. The molecule has 1 aromatic rings. The third-order valence-electron chi connectivity index (χ3n) is 1.99. The monoisotopic (exact) mass is 244 g/mol. The Balaban J connectivity index is 2.51. The van der Waals surface area contributed by atoms with Gasteiger partial charge in [0.15, 0.2) is 0 Å². The van der Waals surface area contributed by atoms with Crippen molar-refractivity contribution in [1.82, 2.24) is 9.44 Å². The van der Waals surface area contributed by atoms with Crippen molar-refractivity contribution in [1.29, 1.82) is 0 Å². The van der Waals surface area contributed by atoms with E-state index in [1.54, 1.807) is 31.2 Å². The quantitative estimate of drug-likeness (QED) is 0.667. The third-order valence-corrected chi connectivity index (χ3v) is 3.20. The van der Waals surface area contributed by atoms with Crippen molar-refractivity contribution in [2.45, 2.75) is 13.0 Å². The van der Waals surface area contributed by atoms with Crippen molar-refractivity contribution in [2.24, 2.45) is 0 Å². The molecule has 0 amide bonds. The van der Waals surface area contributed by atoms with Gasteiger partial charge in [0.1, 0.15) is 0 Å². The van der Waals surface area contributed by atoms with Crippen LogP contribution in [0.2, 0.25) is 0 Å². The number of benzene rings is 1. The van der Waals surface area contributed by atoms with Crippen molar-refractivity contribution in [3.63, 3.8) is 0 Å². The summed E-state index contributed by atoms with van der Waals surface area (Å²) in [4.78, 5) is 0. The zero-order valence-corrected chi connectivity index (χ0v) is 9.87. The molecule has 1 unspecified atom stereocenters. The van der Waals surface area contributed by atoms with Crippen molar-refractivity contribution < 1.29 is 13.5 Å². The molecule has 0 saturated heterocycles. The summed E-state index contributed by atoms with van der Waals surface area (Å²) in [7, 11) is -3.49. The van der Waals surface area contributed by atoms with E-state index in [1.165, 1.54) is 0 Å². The second-order valence-corrected chi connectivity index (χ2v) is 4.86. The van der Waals surface area contributed by atoms with Crippen LogP contribution in [-0.2, 0) is 10.2 Å². The molecule has 0 aliphatic heterocycles. The minimum atomic E-state index is -3.49. The van der Waals surface area contributed by atoms with Gasteiger partial charge in [-0.1, -0.05) is 37.3 Å². The van der Waals surface area contributed by atoms with E-state index in [-0.39, 0.29) is 6.54 Å². The Kier molecular flexibility index (Phi) is 4.88. The first-order valence-corrected chi connectivity index (χ1v) is 6.50. The van der Waals surface area contributed by atoms with Gasteiger partial charge in [-0.25, -0.2) is 4.72 Å². The fourth-order valence-corrected chi connectivity index (χ4v) is 2.08. The molecule has 0 heterocycles. The lowest BCUT2D eigenvalue weighted by molar-refractivity contribution is 0.182. The first-order valence-electron chi connectivity index (χ1n) is 5.02. The van der Waals surface area contributed by atoms with Gasteiger partial charge in [0.2, 0.25) is 0 Å². The Morgan fingerprint density at radius 3 is 2.44 bits per heavy atom. The summed E-state index contributed by atoms with van der Waals surface area (Å²) in [5.41, 5.74) is 0.682. The zero-order chi connectivity index (χ0) is 12.0. The molecule has 1 atom stereocenters. The predicted octanol–water partition coefficient (Wildman–Crippen LogP) is 0.164. The molecule has 6 heteroatoms. The number of rotatable bonds is 6. The molecule has 0 aliphatic rings. The first kappa shape index (κ1) is 13.1. The predicted molar refractivity (Wildman–Crippen MR) is 62.0 cm³/mol. The van der Waals surface area contributed by atoms with Crippen molar-refractivity contribution >= 4 is 10.2 Å². The molecule has 0 aliphatic carbocycles. The van der Waals surface area contributed by atoms with E-state index >= 15 is 0 Å². The maximum Gasteiger partial charge on any atom is 0.276 e. The highest BCUT2D eigenvalue weighted by molar-refractivity contribution is 7.87. The van der Waals surface area contributed by atoms with Gasteiger partial charge in [0.25, 0.3) is 10.2 Å². The smallest absolute Gasteiger partial charge is 0.276 e. The Labute approximate surface area is 95.7 Å². The summed E-state index contributed by atoms with van der Waals surface area (Å²) in [5.74, 6) is 0. The van der Waals surface area contributed by atoms with Crippen LogP contribution >= 0.6 is 0 Å². The largest absolute Gasteiger partial charge is 0.387 e. The summed E-state index contributed by atoms with van der Waals surface area (Å²) in [6.07, 6.45) is -0.838. The van der Waals surface area contributed by atoms with Crippen LogP contribution in [0.3, 0.4) is 0 Å². The standard InChI is InChI=1S/C10H16N2O3S/c1-2-11-16(14,15)12-8-10(13)9-6-4-3-5-7-9/h3-7,10-13H,2,8H2,1H3. The molecule has 1 rings (SSSR count). The fraction of sp³-hybridized carbons (Fsp3) is 0.400. The van der Waals surface area contributed by atoms with Gasteiger partial charge in [0, 0.05) is 13.1 Å². The molecule has 16 heavy (non-hydrogen) atoms. The number of hydrogen-bond acceptors (Lipinski definition) is 3. The number of aliphatic hydroxyl groups is 1. The summed E-state index contributed by atoms with van der Waals surface area (Å²) >= 11 is 0. The Bertz CT molecular complexity index is 405. The van der Waals surface area contributed by atoms with Gasteiger partial charge in [-0.2, -0.15) is 13.1 Å². The summed E-state index contributed by atoms with van der Waals surface area (Å²) in [6.45, 7) is 1.96. The maximum atomic E-state index is 11.2. The van der Waals surface area contributed by atoms with E-state index in [9.17, 15) is 13.5 Å². The van der Waals surface area contributed by atoms with E-state index in [1.807, 2.05) is 6.07 Å². The normalized spacial score (nSPS) is 13.6. The van der Waals surface area contributed by atoms with Crippen LogP contribution in [0.4, 0.5) is 0 Å². The summed E-state index contributed by atoms with van der Waals surface area (Å²) in [6, 6.07) is 8.89. The molecule has 3 N–H and O–H groups in total. The van der Waals surface area contributed by atoms with Crippen LogP contribution in [0.5, 0.6) is 0 Å². The molecule has 0 spiro atoms. The van der Waals surface area contributed by atoms with Crippen molar-refractivity contribution in [2.75, 3.05) is 13.1 Å². The molecule has 0 fully saturated rings. The molecule has 0 bridgehead atoms. The fourth-order valence-electron chi connectivity index (χ4n) is 1.22. The van der Waals surface area contributed by atoms with Crippen molar-refractivity contribution in [3.8, 4) is 0 Å². The average Bonchev–Trinajstić information content (AvgIpc) is 2.27. The summed E-state index contributed by atoms with van der Waals surface area (Å²) in [5, 5.41) is 9.70. The number of nitrogens with one attached hydrogen (secondary N) is 2. The topological polar surface area (TPSA) is 78.4 Å². The van der Waals surface area contributed by atoms with Crippen LogP contribution in [-0.4, -0.2) is 26.6 Å². The number of aliphatic hydroxyl groups excluding tert-OH is 1. The zero-order valence-electron chi connectivity index (χ0n) is 9.05. The van der Waals surface area contributed by atoms with Gasteiger partial charge in [-0.3, -0.25) is 0 Å². The minimum Gasteiger partial charge on any atom is -0.387 e. The highest BCUT2D eigenvalue weighted by Gasteiger charge is 2.12. The Morgan fingerprint density at radius 2 is 1.88 bits per heavy atom. The van der Waals surface area contributed by atoms with Gasteiger partial charge in [-0.05, 0) is 5.56 Å². The molecule has 0 saturated carbocycles. The number of hydrogen-bond donors (Lipinski definition) is 3. The highest BCUT2D eigenvalue weighted by Crippen LogP contribution is 2.10. The Morgan fingerprint density at radius 1 is 1.25 bits per heavy atom. The van der Waals surface area contributed by atoms with Crippen LogP contribution in [0.25, 0.3) is 0 Å². The van der Waals surface area contributed by atoms with Crippen LogP contribution in [0.1, 0.15) is 18.6 Å². The average molecular weight is 244 g/mol. The molecule has 0 aromatic heterocycles. The minimum absolute atomic E-state index is 0.0423. The van der Waals surface area contributed by atoms with Gasteiger partial charge < -0.3 is 5.11 Å². The first-order chi connectivity index (χ1) is 7.55. The second kappa shape index (κ2) is 5.95. The highest BCUT2D eigenvalue weighted by atomic mass is 32.2.